The Morgan fingerprint density at radius 3 is 1.54 bits per heavy atom. The maximum absolute atomic E-state index is 10.7. The summed E-state index contributed by atoms with van der Waals surface area (Å²) in [5.41, 5.74) is 0. The fraction of sp³-hybridized carbons (Fsp3) is 1.00. The van der Waals surface area contributed by atoms with Crippen LogP contribution in [0.3, 0.4) is 0 Å². The molecule has 220 valence electrons. The largest absolute Gasteiger partial charge is 0.394 e. The summed E-state index contributed by atoms with van der Waals surface area (Å²) < 4.78 is 16.4. The zero-order valence-corrected chi connectivity index (χ0v) is 22.2. The molecule has 2 heterocycles. The molecule has 0 amide bonds. The van der Waals surface area contributed by atoms with Gasteiger partial charge in [-0.15, -0.1) is 0 Å². The number of unbranched alkanes of at least 4 members (excludes halogenated alkanes) is 11. The van der Waals surface area contributed by atoms with Crippen LogP contribution in [0.15, 0.2) is 0 Å². The molecule has 0 saturated carbocycles. The second-order valence-electron chi connectivity index (χ2n) is 10.4. The Balaban J connectivity index is 1.68. The van der Waals surface area contributed by atoms with Crippen molar-refractivity contribution in [3.8, 4) is 0 Å². The van der Waals surface area contributed by atoms with Gasteiger partial charge >= 0.3 is 0 Å². The highest BCUT2D eigenvalue weighted by atomic mass is 16.8. The van der Waals surface area contributed by atoms with E-state index in [-0.39, 0.29) is 0 Å². The van der Waals surface area contributed by atoms with Gasteiger partial charge in [0.1, 0.15) is 42.7 Å². The number of rotatable bonds is 18. The third kappa shape index (κ3) is 10.2. The Labute approximate surface area is 220 Å². The number of nitrogens with one attached hydrogen (secondary N) is 1. The quantitative estimate of drug-likeness (QED) is 0.109. The molecule has 2 aliphatic heterocycles. The van der Waals surface area contributed by atoms with Gasteiger partial charge in [0.05, 0.1) is 19.3 Å². The van der Waals surface area contributed by atoms with E-state index in [1.165, 1.54) is 57.8 Å². The lowest BCUT2D eigenvalue weighted by Gasteiger charge is -2.45. The summed E-state index contributed by atoms with van der Waals surface area (Å²) in [5.74, 6) is 0. The Morgan fingerprint density at radius 1 is 0.568 bits per heavy atom. The normalized spacial score (nSPS) is 36.6. The molecule has 0 unspecified atom stereocenters. The summed E-state index contributed by atoms with van der Waals surface area (Å²) in [6, 6.07) is -0.734. The van der Waals surface area contributed by atoms with Crippen LogP contribution in [0.2, 0.25) is 0 Å². The molecule has 2 fully saturated rings. The van der Waals surface area contributed by atoms with Crippen molar-refractivity contribution in [3.63, 3.8) is 0 Å². The zero-order chi connectivity index (χ0) is 27.2. The number of ether oxygens (including phenoxy) is 3. The average molecular weight is 538 g/mol. The molecule has 11 heteroatoms. The van der Waals surface area contributed by atoms with Gasteiger partial charge in [0.2, 0.25) is 0 Å². The predicted octanol–water partition coefficient (Wildman–Crippen LogP) is -0.0988. The predicted molar refractivity (Wildman–Crippen MR) is 135 cm³/mol. The van der Waals surface area contributed by atoms with Crippen molar-refractivity contribution in [2.24, 2.45) is 0 Å². The molecule has 2 saturated heterocycles. The van der Waals surface area contributed by atoms with E-state index in [4.69, 9.17) is 14.2 Å². The molecule has 0 spiro atoms. The molecule has 37 heavy (non-hydrogen) atoms. The highest BCUT2D eigenvalue weighted by Gasteiger charge is 2.49. The molecule has 11 nitrogen and oxygen atoms in total. The lowest BCUT2D eigenvalue weighted by atomic mass is 9.95. The van der Waals surface area contributed by atoms with Gasteiger partial charge in [0.15, 0.2) is 12.6 Å². The van der Waals surface area contributed by atoms with Gasteiger partial charge in [0, 0.05) is 0 Å². The van der Waals surface area contributed by atoms with Gasteiger partial charge in [-0.3, -0.25) is 0 Å². The Morgan fingerprint density at radius 2 is 1.03 bits per heavy atom. The fourth-order valence-corrected chi connectivity index (χ4v) is 5.00. The molecule has 2 aliphatic rings. The third-order valence-electron chi connectivity index (χ3n) is 7.41. The summed E-state index contributed by atoms with van der Waals surface area (Å²) in [5, 5.41) is 73.5. The molecule has 0 bridgehead atoms. The molecule has 0 aromatic carbocycles. The van der Waals surface area contributed by atoms with E-state index in [1.807, 2.05) is 0 Å². The van der Waals surface area contributed by atoms with Crippen molar-refractivity contribution < 1.29 is 50.0 Å². The van der Waals surface area contributed by atoms with E-state index in [2.05, 4.69) is 12.2 Å². The first kappa shape index (κ1) is 32.8. The maximum atomic E-state index is 10.7. The second kappa shape index (κ2) is 18.0. The molecule has 0 aromatic rings. The molecule has 0 radical (unpaired) electrons. The Bertz CT molecular complexity index is 584. The number of aliphatic hydroxyl groups is 7. The van der Waals surface area contributed by atoms with E-state index in [9.17, 15) is 35.7 Å². The minimum atomic E-state index is -1.68. The van der Waals surface area contributed by atoms with Crippen LogP contribution in [-0.2, 0) is 14.2 Å². The molecule has 2 rings (SSSR count). The zero-order valence-electron chi connectivity index (χ0n) is 22.2. The second-order valence-corrected chi connectivity index (χ2v) is 10.4. The van der Waals surface area contributed by atoms with Crippen molar-refractivity contribution in [2.75, 3.05) is 19.8 Å². The summed E-state index contributed by atoms with van der Waals surface area (Å²) in [6.45, 7) is 1.74. The summed E-state index contributed by atoms with van der Waals surface area (Å²) >= 11 is 0. The SMILES string of the molecule is CCCCCCCCCCCCCCN[C@H]1[C@H](O)[C@@H](O)[C@@H](O[C@H]2O[C@H](CO)[C@@H](O)[C@H](O)[C@H]2O)O[C@@H]1CO. The summed E-state index contributed by atoms with van der Waals surface area (Å²) in [7, 11) is 0. The van der Waals surface area contributed by atoms with Gasteiger partial charge < -0.3 is 55.3 Å². The van der Waals surface area contributed by atoms with Crippen LogP contribution >= 0.6 is 0 Å². The maximum Gasteiger partial charge on any atom is 0.189 e. The highest BCUT2D eigenvalue weighted by molar-refractivity contribution is 4.95. The summed E-state index contributed by atoms with van der Waals surface area (Å²) in [4.78, 5) is 0. The molecular formula is C26H51NO10. The smallest absolute Gasteiger partial charge is 0.189 e. The number of hydrogen-bond acceptors (Lipinski definition) is 11. The van der Waals surface area contributed by atoms with Crippen molar-refractivity contribution in [2.45, 2.75) is 145 Å². The van der Waals surface area contributed by atoms with Crippen LogP contribution in [0, 0.1) is 0 Å². The highest BCUT2D eigenvalue weighted by Crippen LogP contribution is 2.28. The van der Waals surface area contributed by atoms with Crippen molar-refractivity contribution >= 4 is 0 Å². The third-order valence-corrected chi connectivity index (χ3v) is 7.41. The first-order valence-corrected chi connectivity index (χ1v) is 14.2. The minimum Gasteiger partial charge on any atom is -0.394 e. The van der Waals surface area contributed by atoms with Crippen LogP contribution in [0.4, 0.5) is 0 Å². The lowest BCUT2D eigenvalue weighted by molar-refractivity contribution is -0.370. The van der Waals surface area contributed by atoms with Crippen molar-refractivity contribution in [3.05, 3.63) is 0 Å². The number of aliphatic hydroxyl groups excluding tert-OH is 7. The standard InChI is InChI=1S/C26H51NO10/c1-2-3-4-5-6-7-8-9-10-11-12-13-14-27-19-17(15-28)35-25(23(33)21(19)31)37-26-24(34)22(32)20(30)18(16-29)36-26/h17-34H,2-16H2,1H3/t17-,18-,19-,20-,21+,22+,23-,24-,25-,26-/m1/s1. The van der Waals surface area contributed by atoms with E-state index in [1.54, 1.807) is 0 Å². The van der Waals surface area contributed by atoms with Crippen LogP contribution in [-0.4, -0.2) is 117 Å². The van der Waals surface area contributed by atoms with Gasteiger partial charge in [-0.2, -0.15) is 0 Å². The van der Waals surface area contributed by atoms with Gasteiger partial charge in [-0.05, 0) is 13.0 Å². The van der Waals surface area contributed by atoms with Crippen LogP contribution in [0.25, 0.3) is 0 Å². The molecule has 0 aliphatic carbocycles. The monoisotopic (exact) mass is 537 g/mol. The molecule has 8 N–H and O–H groups in total. The van der Waals surface area contributed by atoms with Gasteiger partial charge in [-0.25, -0.2) is 0 Å². The molecule has 10 atom stereocenters. The first-order chi connectivity index (χ1) is 17.8. The van der Waals surface area contributed by atoms with Crippen LogP contribution in [0.5, 0.6) is 0 Å². The van der Waals surface area contributed by atoms with Gasteiger partial charge in [0.25, 0.3) is 0 Å². The lowest BCUT2D eigenvalue weighted by Crippen LogP contribution is -2.66. The Kier molecular flexibility index (Phi) is 16.0. The average Bonchev–Trinajstić information content (AvgIpc) is 2.90. The summed E-state index contributed by atoms with van der Waals surface area (Å²) in [6.07, 6.45) is 1.95. The van der Waals surface area contributed by atoms with E-state index < -0.39 is 74.6 Å². The molecular weight excluding hydrogens is 486 g/mol. The molecule has 0 aromatic heterocycles. The van der Waals surface area contributed by atoms with E-state index >= 15 is 0 Å². The van der Waals surface area contributed by atoms with Crippen molar-refractivity contribution in [1.29, 1.82) is 0 Å². The Hall–Kier alpha value is -0.440. The van der Waals surface area contributed by atoms with Crippen LogP contribution in [0.1, 0.15) is 84.0 Å². The topological polar surface area (TPSA) is 181 Å². The van der Waals surface area contributed by atoms with E-state index in [0.29, 0.717) is 6.54 Å². The fourth-order valence-electron chi connectivity index (χ4n) is 5.00. The first-order valence-electron chi connectivity index (χ1n) is 14.2. The van der Waals surface area contributed by atoms with Crippen molar-refractivity contribution in [1.82, 2.24) is 5.32 Å². The van der Waals surface area contributed by atoms with Crippen LogP contribution < -0.4 is 5.32 Å². The van der Waals surface area contributed by atoms with Gasteiger partial charge in [-0.1, -0.05) is 77.6 Å². The number of hydrogen-bond donors (Lipinski definition) is 8. The minimum absolute atomic E-state index is 0.450. The van der Waals surface area contributed by atoms with E-state index in [0.717, 1.165) is 19.3 Å².